The third-order valence-electron chi connectivity index (χ3n) is 1.47. The molecular weight excluding hydrogens is 180 g/mol. The van der Waals surface area contributed by atoms with Crippen LogP contribution in [-0.2, 0) is 0 Å². The predicted octanol–water partition coefficient (Wildman–Crippen LogP) is 1.10. The minimum atomic E-state index is -2.71. The molecule has 0 aliphatic heterocycles. The zero-order valence-electron chi connectivity index (χ0n) is 6.97. The number of hydrogen-bond acceptors (Lipinski definition) is 2. The number of halogens is 2. The highest BCUT2D eigenvalue weighted by Gasteiger charge is 2.19. The third kappa shape index (κ3) is 2.01. The number of amides is 1. The van der Waals surface area contributed by atoms with Crippen LogP contribution in [0.5, 0.6) is 0 Å². The summed E-state index contributed by atoms with van der Waals surface area (Å²) in [6, 6.07) is 0. The van der Waals surface area contributed by atoms with Gasteiger partial charge in [-0.15, -0.1) is 0 Å². The van der Waals surface area contributed by atoms with Gasteiger partial charge in [-0.3, -0.25) is 9.89 Å². The van der Waals surface area contributed by atoms with Crippen molar-refractivity contribution in [3.05, 3.63) is 17.5 Å². The normalized spacial score (nSPS) is 10.5. The van der Waals surface area contributed by atoms with E-state index in [-0.39, 0.29) is 5.56 Å². The Morgan fingerprint density at radius 2 is 2.46 bits per heavy atom. The zero-order chi connectivity index (χ0) is 9.84. The van der Waals surface area contributed by atoms with Crippen molar-refractivity contribution < 1.29 is 13.6 Å². The maximum absolute atomic E-state index is 12.2. The fraction of sp³-hybridized carbons (Fsp3) is 0.429. The van der Waals surface area contributed by atoms with E-state index in [4.69, 9.17) is 0 Å². The van der Waals surface area contributed by atoms with Crippen LogP contribution in [0.1, 0.15) is 29.4 Å². The molecule has 1 aromatic heterocycles. The van der Waals surface area contributed by atoms with Gasteiger partial charge in [-0.25, -0.2) is 8.78 Å². The Balaban J connectivity index is 2.87. The van der Waals surface area contributed by atoms with Gasteiger partial charge >= 0.3 is 0 Å². The Morgan fingerprint density at radius 1 is 1.77 bits per heavy atom. The Labute approximate surface area is 73.3 Å². The molecule has 0 bridgehead atoms. The van der Waals surface area contributed by atoms with Crippen molar-refractivity contribution >= 4 is 5.91 Å². The van der Waals surface area contributed by atoms with Gasteiger partial charge in [-0.1, -0.05) is 0 Å². The van der Waals surface area contributed by atoms with Gasteiger partial charge in [0.1, 0.15) is 5.69 Å². The second-order valence-electron chi connectivity index (χ2n) is 2.36. The number of carbonyl (C=O) groups is 1. The van der Waals surface area contributed by atoms with Gasteiger partial charge in [0.05, 0.1) is 11.8 Å². The first-order chi connectivity index (χ1) is 6.16. The van der Waals surface area contributed by atoms with Gasteiger partial charge in [0, 0.05) is 6.54 Å². The van der Waals surface area contributed by atoms with Crippen molar-refractivity contribution in [1.82, 2.24) is 15.5 Å². The van der Waals surface area contributed by atoms with E-state index < -0.39 is 18.0 Å². The molecule has 4 nitrogen and oxygen atoms in total. The maximum atomic E-state index is 12.2. The Morgan fingerprint density at radius 3 is 3.00 bits per heavy atom. The van der Waals surface area contributed by atoms with E-state index in [2.05, 4.69) is 15.5 Å². The van der Waals surface area contributed by atoms with Crippen molar-refractivity contribution in [2.75, 3.05) is 6.54 Å². The topological polar surface area (TPSA) is 57.8 Å². The lowest BCUT2D eigenvalue weighted by Crippen LogP contribution is -2.23. The average Bonchev–Trinajstić information content (AvgIpc) is 2.52. The Bertz CT molecular complexity index is 298. The first-order valence-electron chi connectivity index (χ1n) is 3.76. The summed E-state index contributed by atoms with van der Waals surface area (Å²) in [7, 11) is 0. The van der Waals surface area contributed by atoms with Gasteiger partial charge in [0.15, 0.2) is 0 Å². The molecular formula is C7H9F2N3O. The number of aromatic amines is 1. The number of carbonyl (C=O) groups excluding carboxylic acids is 1. The van der Waals surface area contributed by atoms with Crippen LogP contribution in [0.15, 0.2) is 6.20 Å². The second-order valence-corrected chi connectivity index (χ2v) is 2.36. The van der Waals surface area contributed by atoms with Crippen molar-refractivity contribution in [3.8, 4) is 0 Å². The van der Waals surface area contributed by atoms with Crippen molar-refractivity contribution in [1.29, 1.82) is 0 Å². The third-order valence-corrected chi connectivity index (χ3v) is 1.47. The molecule has 0 aliphatic rings. The Kier molecular flexibility index (Phi) is 2.94. The van der Waals surface area contributed by atoms with Crippen LogP contribution in [0.3, 0.4) is 0 Å². The number of alkyl halides is 2. The van der Waals surface area contributed by atoms with Gasteiger partial charge in [-0.05, 0) is 6.92 Å². The SMILES string of the molecule is CCNC(=O)c1cn[nH]c1C(F)F. The number of aromatic nitrogens is 2. The molecule has 72 valence electrons. The van der Waals surface area contributed by atoms with Crippen LogP contribution in [0, 0.1) is 0 Å². The first-order valence-corrected chi connectivity index (χ1v) is 3.76. The van der Waals surface area contributed by atoms with Gasteiger partial charge in [0.2, 0.25) is 0 Å². The van der Waals surface area contributed by atoms with E-state index in [1.165, 1.54) is 0 Å². The van der Waals surface area contributed by atoms with E-state index in [1.807, 2.05) is 0 Å². The highest BCUT2D eigenvalue weighted by Crippen LogP contribution is 2.19. The fourth-order valence-corrected chi connectivity index (χ4v) is 0.899. The van der Waals surface area contributed by atoms with Gasteiger partial charge < -0.3 is 5.32 Å². The van der Waals surface area contributed by atoms with Gasteiger partial charge in [-0.2, -0.15) is 5.10 Å². The van der Waals surface area contributed by atoms with E-state index in [9.17, 15) is 13.6 Å². The summed E-state index contributed by atoms with van der Waals surface area (Å²) >= 11 is 0. The number of hydrogen-bond donors (Lipinski definition) is 2. The molecule has 1 rings (SSSR count). The van der Waals surface area contributed by atoms with E-state index >= 15 is 0 Å². The molecule has 6 heteroatoms. The monoisotopic (exact) mass is 189 g/mol. The summed E-state index contributed by atoms with van der Waals surface area (Å²) in [5.41, 5.74) is -0.539. The molecule has 2 N–H and O–H groups in total. The lowest BCUT2D eigenvalue weighted by atomic mass is 10.2. The Hall–Kier alpha value is -1.46. The molecule has 13 heavy (non-hydrogen) atoms. The zero-order valence-corrected chi connectivity index (χ0v) is 6.97. The van der Waals surface area contributed by atoms with Crippen LogP contribution in [0.4, 0.5) is 8.78 Å². The molecule has 0 aliphatic carbocycles. The molecule has 1 aromatic rings. The van der Waals surface area contributed by atoms with Crippen molar-refractivity contribution in [2.24, 2.45) is 0 Å². The van der Waals surface area contributed by atoms with E-state index in [0.29, 0.717) is 6.54 Å². The molecule has 0 aromatic carbocycles. The fourth-order valence-electron chi connectivity index (χ4n) is 0.899. The second kappa shape index (κ2) is 3.97. The lowest BCUT2D eigenvalue weighted by molar-refractivity contribution is 0.0941. The summed E-state index contributed by atoms with van der Waals surface area (Å²) in [5, 5.41) is 7.88. The minimum Gasteiger partial charge on any atom is -0.352 e. The van der Waals surface area contributed by atoms with Crippen LogP contribution in [-0.4, -0.2) is 22.6 Å². The highest BCUT2D eigenvalue weighted by molar-refractivity contribution is 5.95. The predicted molar refractivity (Wildman–Crippen MR) is 41.6 cm³/mol. The van der Waals surface area contributed by atoms with Crippen molar-refractivity contribution in [2.45, 2.75) is 13.3 Å². The standard InChI is InChI=1S/C7H9F2N3O/c1-2-10-7(13)4-3-11-12-5(4)6(8)9/h3,6H,2H2,1H3,(H,10,13)(H,11,12). The summed E-state index contributed by atoms with van der Waals surface area (Å²) in [4.78, 5) is 11.1. The number of nitrogens with one attached hydrogen (secondary N) is 2. The summed E-state index contributed by atoms with van der Waals surface area (Å²) < 4.78 is 24.4. The molecule has 0 unspecified atom stereocenters. The molecule has 0 fully saturated rings. The van der Waals surface area contributed by atoms with E-state index in [0.717, 1.165) is 6.20 Å². The molecule has 1 heterocycles. The molecule has 1 amide bonds. The number of H-pyrrole nitrogens is 1. The van der Waals surface area contributed by atoms with Crippen LogP contribution in [0.2, 0.25) is 0 Å². The van der Waals surface area contributed by atoms with Crippen molar-refractivity contribution in [3.63, 3.8) is 0 Å². The van der Waals surface area contributed by atoms with Crippen LogP contribution in [0.25, 0.3) is 0 Å². The number of nitrogens with zero attached hydrogens (tertiary/aromatic N) is 1. The number of rotatable bonds is 3. The summed E-state index contributed by atoms with van der Waals surface area (Å²) in [6.45, 7) is 2.10. The van der Waals surface area contributed by atoms with E-state index in [1.54, 1.807) is 6.92 Å². The quantitative estimate of drug-likeness (QED) is 0.747. The summed E-state index contributed by atoms with van der Waals surface area (Å²) in [5.74, 6) is -0.536. The smallest absolute Gasteiger partial charge is 0.280 e. The molecule has 0 spiro atoms. The van der Waals surface area contributed by atoms with Crippen LogP contribution >= 0.6 is 0 Å². The maximum Gasteiger partial charge on any atom is 0.280 e. The molecule has 0 radical (unpaired) electrons. The van der Waals surface area contributed by atoms with Crippen LogP contribution < -0.4 is 5.32 Å². The lowest BCUT2D eigenvalue weighted by Gasteiger charge is -2.01. The average molecular weight is 189 g/mol. The molecule has 0 saturated heterocycles. The van der Waals surface area contributed by atoms with Gasteiger partial charge in [0.25, 0.3) is 12.3 Å². The largest absolute Gasteiger partial charge is 0.352 e. The minimum absolute atomic E-state index is 0.100. The first kappa shape index (κ1) is 9.63. The molecule has 0 saturated carbocycles. The summed E-state index contributed by atoms with van der Waals surface area (Å²) in [6.07, 6.45) is -1.62. The molecule has 0 atom stereocenters. The highest BCUT2D eigenvalue weighted by atomic mass is 19.3.